The molecule has 0 aliphatic rings. The minimum absolute atomic E-state index is 0.101. The average Bonchev–Trinajstić information content (AvgIpc) is 3.09. The van der Waals surface area contributed by atoms with Crippen molar-refractivity contribution < 1.29 is 4.79 Å². The highest BCUT2D eigenvalue weighted by molar-refractivity contribution is 5.87. The van der Waals surface area contributed by atoms with Crippen molar-refractivity contribution in [2.24, 2.45) is 0 Å². The largest absolute Gasteiger partial charge is 0.350 e. The maximum Gasteiger partial charge on any atom is 0.291 e. The molecule has 0 aliphatic carbocycles. The summed E-state index contributed by atoms with van der Waals surface area (Å²) in [5, 5.41) is 8.27. The first-order valence-electron chi connectivity index (χ1n) is 8.98. The molecule has 6 heteroatoms. The highest BCUT2D eigenvalue weighted by atomic mass is 16.2. The fourth-order valence-corrected chi connectivity index (χ4v) is 3.28. The van der Waals surface area contributed by atoms with Crippen molar-refractivity contribution in [1.29, 1.82) is 0 Å². The van der Waals surface area contributed by atoms with Gasteiger partial charge in [-0.2, -0.15) is 5.10 Å². The number of para-hydroxylation sites is 1. The van der Waals surface area contributed by atoms with Crippen LogP contribution in [0.25, 0.3) is 16.4 Å². The molecular formula is C21H20N4O2. The summed E-state index contributed by atoms with van der Waals surface area (Å²) >= 11 is 0. The number of amides is 1. The third-order valence-electron chi connectivity index (χ3n) is 4.60. The molecule has 136 valence electrons. The molecule has 0 radical (unpaired) electrons. The lowest BCUT2D eigenvalue weighted by molar-refractivity contribution is -0.122. The predicted molar refractivity (Wildman–Crippen MR) is 105 cm³/mol. The van der Waals surface area contributed by atoms with Crippen LogP contribution >= 0.6 is 0 Å². The summed E-state index contributed by atoms with van der Waals surface area (Å²) < 4.78 is 3.14. The summed E-state index contributed by atoms with van der Waals surface area (Å²) in [6.07, 6.45) is 0.654. The minimum atomic E-state index is -0.265. The Kier molecular flexibility index (Phi) is 4.46. The van der Waals surface area contributed by atoms with Crippen LogP contribution in [0, 0.1) is 0 Å². The monoisotopic (exact) mass is 360 g/mol. The Labute approximate surface area is 156 Å². The summed E-state index contributed by atoms with van der Waals surface area (Å²) in [5.41, 5.74) is 2.24. The number of aromatic nitrogens is 3. The van der Waals surface area contributed by atoms with E-state index in [9.17, 15) is 9.59 Å². The standard InChI is InChI=1S/C21H20N4O2/c1-2-19-23-24(14-20(26)22-13-15-8-4-3-5-9-15)21(27)18-12-16-10-6-7-11-17(16)25(18)19/h3-12H,2,13-14H2,1H3,(H,22,26). The number of nitrogens with zero attached hydrogens (tertiary/aromatic N) is 3. The van der Waals surface area contributed by atoms with Gasteiger partial charge in [-0.25, -0.2) is 4.68 Å². The quantitative estimate of drug-likeness (QED) is 0.595. The van der Waals surface area contributed by atoms with Gasteiger partial charge in [0, 0.05) is 18.4 Å². The van der Waals surface area contributed by atoms with Gasteiger partial charge in [-0.15, -0.1) is 0 Å². The molecular weight excluding hydrogens is 340 g/mol. The van der Waals surface area contributed by atoms with Gasteiger partial charge in [0.05, 0.1) is 5.52 Å². The van der Waals surface area contributed by atoms with Crippen molar-refractivity contribution in [1.82, 2.24) is 19.5 Å². The van der Waals surface area contributed by atoms with Crippen LogP contribution in [0.3, 0.4) is 0 Å². The zero-order valence-electron chi connectivity index (χ0n) is 15.1. The third kappa shape index (κ3) is 3.21. The Balaban J connectivity index is 1.66. The van der Waals surface area contributed by atoms with E-state index in [4.69, 9.17) is 0 Å². The van der Waals surface area contributed by atoms with E-state index in [2.05, 4.69) is 10.4 Å². The van der Waals surface area contributed by atoms with Crippen LogP contribution in [0.2, 0.25) is 0 Å². The number of nitrogens with one attached hydrogen (secondary N) is 1. The molecule has 0 bridgehead atoms. The summed E-state index contributed by atoms with van der Waals surface area (Å²) in [4.78, 5) is 25.2. The number of carbonyl (C=O) groups excluding carboxylic acids is 1. The zero-order valence-corrected chi connectivity index (χ0v) is 15.1. The van der Waals surface area contributed by atoms with Crippen molar-refractivity contribution in [3.05, 3.63) is 82.4 Å². The molecule has 27 heavy (non-hydrogen) atoms. The molecule has 0 saturated carbocycles. The lowest BCUT2D eigenvalue weighted by atomic mass is 10.2. The second kappa shape index (κ2) is 7.07. The molecule has 0 spiro atoms. The third-order valence-corrected chi connectivity index (χ3v) is 4.60. The Morgan fingerprint density at radius 2 is 1.78 bits per heavy atom. The van der Waals surface area contributed by atoms with Crippen molar-refractivity contribution >= 4 is 22.3 Å². The predicted octanol–water partition coefficient (Wildman–Crippen LogP) is 2.53. The first-order chi connectivity index (χ1) is 13.2. The minimum Gasteiger partial charge on any atom is -0.350 e. The van der Waals surface area contributed by atoms with E-state index in [0.29, 0.717) is 18.5 Å². The van der Waals surface area contributed by atoms with Gasteiger partial charge in [0.1, 0.15) is 17.9 Å². The van der Waals surface area contributed by atoms with Gasteiger partial charge in [0.25, 0.3) is 5.56 Å². The van der Waals surface area contributed by atoms with E-state index < -0.39 is 0 Å². The lowest BCUT2D eigenvalue weighted by Crippen LogP contribution is -2.35. The van der Waals surface area contributed by atoms with Gasteiger partial charge in [-0.05, 0) is 17.7 Å². The van der Waals surface area contributed by atoms with Gasteiger partial charge >= 0.3 is 0 Å². The first-order valence-corrected chi connectivity index (χ1v) is 8.98. The number of fused-ring (bicyclic) bond motifs is 3. The lowest BCUT2D eigenvalue weighted by Gasteiger charge is -2.10. The van der Waals surface area contributed by atoms with Crippen LogP contribution in [-0.2, 0) is 24.3 Å². The number of hydrogen-bond acceptors (Lipinski definition) is 3. The van der Waals surface area contributed by atoms with Crippen molar-refractivity contribution in [3.63, 3.8) is 0 Å². The molecule has 0 fully saturated rings. The second-order valence-electron chi connectivity index (χ2n) is 6.42. The first kappa shape index (κ1) is 17.0. The van der Waals surface area contributed by atoms with Gasteiger partial charge in [0.2, 0.25) is 5.91 Å². The summed E-state index contributed by atoms with van der Waals surface area (Å²) in [6.45, 7) is 2.31. The van der Waals surface area contributed by atoms with E-state index in [-0.39, 0.29) is 18.0 Å². The van der Waals surface area contributed by atoms with E-state index in [1.165, 1.54) is 4.68 Å². The van der Waals surface area contributed by atoms with E-state index in [0.717, 1.165) is 22.3 Å². The number of benzene rings is 2. The fraction of sp³-hybridized carbons (Fsp3) is 0.190. The molecule has 1 N–H and O–H groups in total. The van der Waals surface area contributed by atoms with Gasteiger partial charge in [0.15, 0.2) is 0 Å². The zero-order chi connectivity index (χ0) is 18.8. The Bertz CT molecular complexity index is 1180. The molecule has 2 aromatic carbocycles. The molecule has 0 saturated heterocycles. The van der Waals surface area contributed by atoms with Gasteiger partial charge < -0.3 is 5.32 Å². The highest BCUT2D eigenvalue weighted by Gasteiger charge is 2.15. The summed E-state index contributed by atoms with van der Waals surface area (Å²) in [5.74, 6) is 0.512. The normalized spacial score (nSPS) is 11.1. The number of carbonyl (C=O) groups is 1. The molecule has 2 aromatic heterocycles. The van der Waals surface area contributed by atoms with E-state index in [1.807, 2.05) is 72.0 Å². The van der Waals surface area contributed by atoms with Crippen LogP contribution in [0.15, 0.2) is 65.5 Å². The Morgan fingerprint density at radius 1 is 1.04 bits per heavy atom. The maximum atomic E-state index is 12.9. The summed E-state index contributed by atoms with van der Waals surface area (Å²) in [6, 6.07) is 19.3. The number of rotatable bonds is 5. The van der Waals surface area contributed by atoms with Gasteiger partial charge in [-0.3, -0.25) is 14.0 Å². The molecule has 0 aliphatic heterocycles. The van der Waals surface area contributed by atoms with Crippen molar-refractivity contribution in [3.8, 4) is 0 Å². The topological polar surface area (TPSA) is 68.4 Å². The van der Waals surface area contributed by atoms with Crippen LogP contribution in [-0.4, -0.2) is 20.1 Å². The highest BCUT2D eigenvalue weighted by Crippen LogP contribution is 2.19. The average molecular weight is 360 g/mol. The number of hydrogen-bond donors (Lipinski definition) is 1. The van der Waals surface area contributed by atoms with Gasteiger partial charge in [-0.1, -0.05) is 55.5 Å². The second-order valence-corrected chi connectivity index (χ2v) is 6.42. The Morgan fingerprint density at radius 3 is 2.56 bits per heavy atom. The Hall–Kier alpha value is -3.41. The molecule has 4 rings (SSSR count). The van der Waals surface area contributed by atoms with E-state index in [1.54, 1.807) is 0 Å². The van der Waals surface area contributed by atoms with Crippen LogP contribution in [0.5, 0.6) is 0 Å². The van der Waals surface area contributed by atoms with Crippen LogP contribution in [0.1, 0.15) is 18.3 Å². The molecule has 0 atom stereocenters. The number of aryl methyl sites for hydroxylation is 1. The molecule has 2 heterocycles. The molecule has 0 unspecified atom stereocenters. The molecule has 6 nitrogen and oxygen atoms in total. The maximum absolute atomic E-state index is 12.9. The summed E-state index contributed by atoms with van der Waals surface area (Å²) in [7, 11) is 0. The van der Waals surface area contributed by atoms with Crippen molar-refractivity contribution in [2.75, 3.05) is 0 Å². The molecule has 4 aromatic rings. The van der Waals surface area contributed by atoms with Crippen LogP contribution in [0.4, 0.5) is 0 Å². The molecule has 1 amide bonds. The van der Waals surface area contributed by atoms with E-state index >= 15 is 0 Å². The fourth-order valence-electron chi connectivity index (χ4n) is 3.28. The van der Waals surface area contributed by atoms with Crippen LogP contribution < -0.4 is 10.9 Å². The smallest absolute Gasteiger partial charge is 0.291 e. The SMILES string of the molecule is CCc1nn(CC(=O)NCc2ccccc2)c(=O)c2cc3ccccc3n12. The van der Waals surface area contributed by atoms with Crippen molar-refractivity contribution in [2.45, 2.75) is 26.4 Å².